The lowest BCUT2D eigenvalue weighted by atomic mass is 10.1. The molecule has 0 saturated carbocycles. The average molecular weight is 196 g/mol. The average Bonchev–Trinajstić information content (AvgIpc) is 2.22. The van der Waals surface area contributed by atoms with Gasteiger partial charge in [0.1, 0.15) is 6.29 Å². The number of allylic oxidation sites excluding steroid dienone is 2. The molecule has 0 aliphatic heterocycles. The molecule has 0 radical (unpaired) electrons. The molecule has 0 saturated heterocycles. The molecule has 0 aromatic rings. The Morgan fingerprint density at radius 2 is 1.71 bits per heavy atom. The van der Waals surface area contributed by atoms with Crippen molar-refractivity contribution >= 4 is 6.29 Å². The quantitative estimate of drug-likeness (QED) is 0.306. The predicted molar refractivity (Wildman–Crippen MR) is 62.4 cm³/mol. The van der Waals surface area contributed by atoms with Gasteiger partial charge in [0, 0.05) is 0 Å². The van der Waals surface area contributed by atoms with Crippen molar-refractivity contribution in [2.75, 3.05) is 0 Å². The molecule has 0 rings (SSSR count). The van der Waals surface area contributed by atoms with Gasteiger partial charge in [0.25, 0.3) is 0 Å². The maximum absolute atomic E-state index is 10.7. The topological polar surface area (TPSA) is 17.1 Å². The van der Waals surface area contributed by atoms with Crippen LogP contribution in [0.25, 0.3) is 0 Å². The summed E-state index contributed by atoms with van der Waals surface area (Å²) in [5.41, 5.74) is 1.00. The van der Waals surface area contributed by atoms with Gasteiger partial charge in [-0.05, 0) is 31.3 Å². The zero-order chi connectivity index (χ0) is 10.6. The number of carbonyl (C=O) groups is 1. The van der Waals surface area contributed by atoms with Gasteiger partial charge in [0.2, 0.25) is 0 Å². The van der Waals surface area contributed by atoms with Gasteiger partial charge < -0.3 is 0 Å². The molecule has 0 N–H and O–H groups in total. The number of unbranched alkanes of at least 4 members (excludes halogenated alkanes) is 5. The van der Waals surface area contributed by atoms with Crippen LogP contribution in [0.3, 0.4) is 0 Å². The van der Waals surface area contributed by atoms with E-state index >= 15 is 0 Å². The summed E-state index contributed by atoms with van der Waals surface area (Å²) in [5.74, 6) is 0. The molecule has 0 bridgehead atoms. The predicted octanol–water partition coefficient (Wildman–Crippen LogP) is 4.27. The van der Waals surface area contributed by atoms with E-state index in [-0.39, 0.29) is 0 Å². The Hall–Kier alpha value is -0.590. The zero-order valence-corrected chi connectivity index (χ0v) is 9.72. The highest BCUT2D eigenvalue weighted by Gasteiger charge is 1.94. The summed E-state index contributed by atoms with van der Waals surface area (Å²) in [4.78, 5) is 10.7. The van der Waals surface area contributed by atoms with Crippen LogP contribution in [0.2, 0.25) is 0 Å². The fraction of sp³-hybridized carbons (Fsp3) is 0.769. The molecular weight excluding hydrogens is 172 g/mol. The van der Waals surface area contributed by atoms with Crippen molar-refractivity contribution in [2.24, 2.45) is 0 Å². The van der Waals surface area contributed by atoms with E-state index in [1.807, 2.05) is 0 Å². The molecular formula is C13H24O. The van der Waals surface area contributed by atoms with Gasteiger partial charge in [-0.2, -0.15) is 0 Å². The third-order valence-electron chi connectivity index (χ3n) is 2.43. The molecule has 14 heavy (non-hydrogen) atoms. The van der Waals surface area contributed by atoms with E-state index < -0.39 is 0 Å². The van der Waals surface area contributed by atoms with Crippen LogP contribution in [0.1, 0.15) is 65.2 Å². The lowest BCUT2D eigenvalue weighted by Gasteiger charge is -1.99. The van der Waals surface area contributed by atoms with Gasteiger partial charge in [0.15, 0.2) is 0 Å². The fourth-order valence-corrected chi connectivity index (χ4v) is 1.45. The second-order valence-corrected chi connectivity index (χ2v) is 3.85. The third kappa shape index (κ3) is 8.03. The molecule has 0 heterocycles. The molecule has 0 atom stereocenters. The van der Waals surface area contributed by atoms with E-state index in [4.69, 9.17) is 0 Å². The van der Waals surface area contributed by atoms with Crippen LogP contribution in [0.15, 0.2) is 11.6 Å². The first-order chi connectivity index (χ1) is 6.85. The zero-order valence-electron chi connectivity index (χ0n) is 9.72. The Bertz CT molecular complexity index is 159. The molecule has 0 unspecified atom stereocenters. The summed E-state index contributed by atoms with van der Waals surface area (Å²) in [7, 11) is 0. The van der Waals surface area contributed by atoms with Gasteiger partial charge >= 0.3 is 0 Å². The SMILES string of the molecule is CCCCCC/C=C(/C=O)CCCC. The van der Waals surface area contributed by atoms with E-state index in [9.17, 15) is 4.79 Å². The first kappa shape index (κ1) is 13.4. The highest BCUT2D eigenvalue weighted by atomic mass is 16.1. The molecule has 0 aliphatic carbocycles. The fourth-order valence-electron chi connectivity index (χ4n) is 1.45. The summed E-state index contributed by atoms with van der Waals surface area (Å²) in [6.45, 7) is 4.37. The van der Waals surface area contributed by atoms with Crippen molar-refractivity contribution in [2.45, 2.75) is 65.2 Å². The van der Waals surface area contributed by atoms with Crippen LogP contribution in [0.4, 0.5) is 0 Å². The molecule has 0 amide bonds. The van der Waals surface area contributed by atoms with E-state index in [1.54, 1.807) is 0 Å². The van der Waals surface area contributed by atoms with Crippen molar-refractivity contribution in [3.63, 3.8) is 0 Å². The lowest BCUT2D eigenvalue weighted by Crippen LogP contribution is -1.86. The molecule has 1 nitrogen and oxygen atoms in total. The first-order valence-electron chi connectivity index (χ1n) is 5.99. The highest BCUT2D eigenvalue weighted by Crippen LogP contribution is 2.09. The van der Waals surface area contributed by atoms with Crippen molar-refractivity contribution in [3.8, 4) is 0 Å². The van der Waals surface area contributed by atoms with Crippen LogP contribution >= 0.6 is 0 Å². The number of carbonyl (C=O) groups excluding carboxylic acids is 1. The third-order valence-corrected chi connectivity index (χ3v) is 2.43. The van der Waals surface area contributed by atoms with Gasteiger partial charge in [-0.25, -0.2) is 0 Å². The molecule has 0 aliphatic rings. The van der Waals surface area contributed by atoms with Crippen LogP contribution in [0.5, 0.6) is 0 Å². The number of rotatable bonds is 9. The van der Waals surface area contributed by atoms with Gasteiger partial charge in [-0.3, -0.25) is 4.79 Å². The molecule has 1 heteroatoms. The second kappa shape index (κ2) is 10.5. The minimum atomic E-state index is 0.966. The van der Waals surface area contributed by atoms with Gasteiger partial charge in [-0.15, -0.1) is 0 Å². The molecule has 82 valence electrons. The maximum atomic E-state index is 10.7. The Morgan fingerprint density at radius 1 is 1.00 bits per heavy atom. The van der Waals surface area contributed by atoms with Crippen LogP contribution in [-0.2, 0) is 4.79 Å². The van der Waals surface area contributed by atoms with Crippen molar-refractivity contribution in [3.05, 3.63) is 11.6 Å². The Labute approximate surface area is 88.6 Å². The minimum absolute atomic E-state index is 0.966. The van der Waals surface area contributed by atoms with Gasteiger partial charge in [-0.1, -0.05) is 45.6 Å². The van der Waals surface area contributed by atoms with Crippen LogP contribution < -0.4 is 0 Å². The monoisotopic (exact) mass is 196 g/mol. The molecule has 0 aromatic carbocycles. The number of hydrogen-bond donors (Lipinski definition) is 0. The van der Waals surface area contributed by atoms with E-state index in [0.29, 0.717) is 0 Å². The Morgan fingerprint density at radius 3 is 2.29 bits per heavy atom. The minimum Gasteiger partial charge on any atom is -0.298 e. The van der Waals surface area contributed by atoms with Crippen molar-refractivity contribution < 1.29 is 4.79 Å². The first-order valence-corrected chi connectivity index (χ1v) is 5.99. The smallest absolute Gasteiger partial charge is 0.145 e. The standard InChI is InChI=1S/C13H24O/c1-3-5-7-8-9-11-13(12-14)10-6-4-2/h11-12H,3-10H2,1-2H3/b13-11+. The maximum Gasteiger partial charge on any atom is 0.145 e. The molecule has 0 spiro atoms. The largest absolute Gasteiger partial charge is 0.298 e. The van der Waals surface area contributed by atoms with Crippen molar-refractivity contribution in [1.29, 1.82) is 0 Å². The second-order valence-electron chi connectivity index (χ2n) is 3.85. The van der Waals surface area contributed by atoms with Crippen LogP contribution in [0, 0.1) is 0 Å². The number of aldehydes is 1. The van der Waals surface area contributed by atoms with Crippen LogP contribution in [-0.4, -0.2) is 6.29 Å². The summed E-state index contributed by atoms with van der Waals surface area (Å²) in [6.07, 6.45) is 12.6. The normalized spacial score (nSPS) is 11.7. The Kier molecular flexibility index (Phi) is 10.0. The summed E-state index contributed by atoms with van der Waals surface area (Å²) in [5, 5.41) is 0. The highest BCUT2D eigenvalue weighted by molar-refractivity contribution is 5.72. The van der Waals surface area contributed by atoms with E-state index in [0.717, 1.165) is 31.1 Å². The molecule has 0 fully saturated rings. The van der Waals surface area contributed by atoms with Crippen molar-refractivity contribution in [1.82, 2.24) is 0 Å². The molecule has 0 aromatic heterocycles. The summed E-state index contributed by atoms with van der Waals surface area (Å²) < 4.78 is 0. The van der Waals surface area contributed by atoms with E-state index in [1.165, 1.54) is 32.1 Å². The number of hydrogen-bond acceptors (Lipinski definition) is 1. The lowest BCUT2D eigenvalue weighted by molar-refractivity contribution is -0.105. The Balaban J connectivity index is 3.53. The summed E-state index contributed by atoms with van der Waals surface area (Å²) in [6, 6.07) is 0. The van der Waals surface area contributed by atoms with Gasteiger partial charge in [0.05, 0.1) is 0 Å². The van der Waals surface area contributed by atoms with E-state index in [2.05, 4.69) is 19.9 Å². The summed E-state index contributed by atoms with van der Waals surface area (Å²) >= 11 is 0.